The summed E-state index contributed by atoms with van der Waals surface area (Å²) in [6.07, 6.45) is 6.75. The highest BCUT2D eigenvalue weighted by Crippen LogP contribution is 2.65. The first kappa shape index (κ1) is 29.1. The molecular formula is C35H39BrN2O4S. The van der Waals surface area contributed by atoms with Gasteiger partial charge in [-0.25, -0.2) is 0 Å². The highest BCUT2D eigenvalue weighted by atomic mass is 79.9. The Morgan fingerprint density at radius 1 is 1.23 bits per heavy atom. The lowest BCUT2D eigenvalue weighted by Gasteiger charge is -2.65. The number of rotatable bonds is 8. The summed E-state index contributed by atoms with van der Waals surface area (Å²) in [6.45, 7) is 6.58. The first-order chi connectivity index (χ1) is 20.7. The normalized spacial score (nSPS) is 29.1. The van der Waals surface area contributed by atoms with Gasteiger partial charge >= 0.3 is 0 Å². The third kappa shape index (κ3) is 4.68. The Labute approximate surface area is 266 Å². The van der Waals surface area contributed by atoms with Crippen LogP contribution in [0, 0.1) is 5.92 Å². The molecule has 3 aromatic rings. The number of thiophene rings is 1. The Morgan fingerprint density at radius 3 is 2.79 bits per heavy atom. The minimum atomic E-state index is -1.01. The fraction of sp³-hybridized carbons (Fsp3) is 0.457. The minimum absolute atomic E-state index is 0.0401. The summed E-state index contributed by atoms with van der Waals surface area (Å²) in [6, 6.07) is 16.1. The van der Waals surface area contributed by atoms with Crippen LogP contribution >= 0.6 is 27.3 Å². The van der Waals surface area contributed by atoms with Gasteiger partial charge in [0, 0.05) is 45.5 Å². The van der Waals surface area contributed by atoms with E-state index in [-0.39, 0.29) is 29.7 Å². The fourth-order valence-electron chi connectivity index (χ4n) is 8.56. The zero-order chi connectivity index (χ0) is 29.9. The molecule has 2 N–H and O–H groups in total. The van der Waals surface area contributed by atoms with Gasteiger partial charge in [-0.1, -0.05) is 50.2 Å². The van der Waals surface area contributed by atoms with Crippen molar-refractivity contribution in [2.24, 2.45) is 5.92 Å². The molecule has 7 rings (SSSR count). The lowest BCUT2D eigenvalue weighted by molar-refractivity contribution is -0.201. The van der Waals surface area contributed by atoms with Crippen LogP contribution < -0.4 is 4.74 Å². The third-order valence-electron chi connectivity index (χ3n) is 10.3. The number of piperidine rings is 1. The van der Waals surface area contributed by atoms with Crippen molar-refractivity contribution in [1.82, 2.24) is 9.80 Å². The van der Waals surface area contributed by atoms with E-state index in [1.54, 1.807) is 23.5 Å². The Bertz CT molecular complexity index is 1560. The summed E-state index contributed by atoms with van der Waals surface area (Å²) in [5.74, 6) is 0.860. The molecule has 0 unspecified atom stereocenters. The maximum Gasteiger partial charge on any atom is 0.246 e. The summed E-state index contributed by atoms with van der Waals surface area (Å²) < 4.78 is 7.78. The number of phenols is 1. The molecule has 4 aliphatic rings. The predicted octanol–water partition coefficient (Wildman–Crippen LogP) is 6.18. The van der Waals surface area contributed by atoms with Gasteiger partial charge in [0.25, 0.3) is 0 Å². The van der Waals surface area contributed by atoms with Crippen LogP contribution in [0.15, 0.2) is 64.5 Å². The highest BCUT2D eigenvalue weighted by molar-refractivity contribution is 9.10. The van der Waals surface area contributed by atoms with Crippen LogP contribution in [0.25, 0.3) is 6.08 Å². The van der Waals surface area contributed by atoms with Gasteiger partial charge in [-0.2, -0.15) is 0 Å². The molecule has 1 amide bonds. The van der Waals surface area contributed by atoms with Gasteiger partial charge in [0.2, 0.25) is 5.91 Å². The van der Waals surface area contributed by atoms with Crippen molar-refractivity contribution in [2.75, 3.05) is 19.6 Å². The molecule has 8 heteroatoms. The van der Waals surface area contributed by atoms with Crippen molar-refractivity contribution in [3.8, 4) is 11.5 Å². The van der Waals surface area contributed by atoms with Crippen LogP contribution in [0.4, 0.5) is 0 Å². The van der Waals surface area contributed by atoms with E-state index in [0.29, 0.717) is 25.1 Å². The second-order valence-corrected chi connectivity index (χ2v) is 15.0. The van der Waals surface area contributed by atoms with Crippen LogP contribution in [0.5, 0.6) is 11.5 Å². The number of halogens is 1. The quantitative estimate of drug-likeness (QED) is 0.282. The van der Waals surface area contributed by atoms with Gasteiger partial charge in [0.15, 0.2) is 11.5 Å². The van der Waals surface area contributed by atoms with Gasteiger partial charge in [-0.05, 0) is 89.8 Å². The number of benzene rings is 2. The van der Waals surface area contributed by atoms with Gasteiger partial charge in [-0.15, -0.1) is 11.3 Å². The lowest BCUT2D eigenvalue weighted by Crippen LogP contribution is -2.78. The van der Waals surface area contributed by atoms with E-state index in [2.05, 4.69) is 58.9 Å². The lowest BCUT2D eigenvalue weighted by atomic mass is 9.48. The zero-order valence-electron chi connectivity index (χ0n) is 24.7. The number of ether oxygens (including phenoxy) is 1. The standard InChI is InChI=1S/C35H39BrN2O4S/c1-22(2)20-38(30(40)11-9-26-19-25(36)21-43-26)27-12-14-35(41)29-18-24-8-10-28(39)32-31(24)34(35,33(27)42-32)15-17-37(29)16-13-23-6-4-3-5-7-23/h3-11,19,21-22,27,29,33,39,41H,12-18,20H2,1-2H3/b11-9+/t27-,29-,33+,34+,35-/m1/s1. The van der Waals surface area contributed by atoms with Crippen molar-refractivity contribution in [1.29, 1.82) is 0 Å². The number of hydrogen-bond donors (Lipinski definition) is 2. The Kier molecular flexibility index (Phi) is 7.48. The largest absolute Gasteiger partial charge is 0.504 e. The number of carbonyl (C=O) groups is 1. The molecule has 2 aliphatic carbocycles. The number of aromatic hydroxyl groups is 1. The van der Waals surface area contributed by atoms with Crippen molar-refractivity contribution < 1.29 is 19.7 Å². The van der Waals surface area contributed by atoms with E-state index in [0.717, 1.165) is 52.8 Å². The zero-order valence-corrected chi connectivity index (χ0v) is 27.1. The number of phenolic OH excluding ortho intramolecular Hbond substituents is 1. The molecule has 6 nitrogen and oxygen atoms in total. The maximum absolute atomic E-state index is 13.9. The number of likely N-dealkylation sites (tertiary alicyclic amines) is 1. The van der Waals surface area contributed by atoms with E-state index in [9.17, 15) is 15.0 Å². The summed E-state index contributed by atoms with van der Waals surface area (Å²) in [4.78, 5) is 19.4. The van der Waals surface area contributed by atoms with Crippen molar-refractivity contribution >= 4 is 39.2 Å². The number of nitrogens with zero attached hydrogens (tertiary/aromatic N) is 2. The van der Waals surface area contributed by atoms with Gasteiger partial charge < -0.3 is 19.8 Å². The SMILES string of the molecule is CC(C)CN(C(=O)/C=C/c1cc(Br)cs1)[C@@H]1CC[C@@]2(O)[C@H]3Cc4ccc(O)c5c4[C@@]2(CCN3CCc2ccccc2)[C@H]1O5. The Morgan fingerprint density at radius 2 is 2.05 bits per heavy atom. The van der Waals surface area contributed by atoms with Gasteiger partial charge in [-0.3, -0.25) is 9.69 Å². The molecule has 43 heavy (non-hydrogen) atoms. The van der Waals surface area contributed by atoms with E-state index >= 15 is 0 Å². The van der Waals surface area contributed by atoms with Crippen LogP contribution in [0.2, 0.25) is 0 Å². The third-order valence-corrected chi connectivity index (χ3v) is 12.0. The molecule has 2 aromatic carbocycles. The summed E-state index contributed by atoms with van der Waals surface area (Å²) in [7, 11) is 0. The molecular weight excluding hydrogens is 624 g/mol. The second-order valence-electron chi connectivity index (χ2n) is 13.1. The number of amides is 1. The predicted molar refractivity (Wildman–Crippen MR) is 174 cm³/mol. The van der Waals surface area contributed by atoms with E-state index in [4.69, 9.17) is 4.74 Å². The number of aliphatic hydroxyl groups is 1. The average molecular weight is 664 g/mol. The Balaban J connectivity index is 1.25. The van der Waals surface area contributed by atoms with Crippen LogP contribution in [0.3, 0.4) is 0 Å². The van der Waals surface area contributed by atoms with Crippen LogP contribution in [0.1, 0.15) is 54.7 Å². The smallest absolute Gasteiger partial charge is 0.246 e. The molecule has 5 atom stereocenters. The van der Waals surface area contributed by atoms with Crippen molar-refractivity contribution in [3.05, 3.63) is 86.0 Å². The van der Waals surface area contributed by atoms with Crippen LogP contribution in [-0.2, 0) is 23.1 Å². The summed E-state index contributed by atoms with van der Waals surface area (Å²) in [5, 5.41) is 26.0. The number of carbonyl (C=O) groups excluding carboxylic acids is 1. The molecule has 1 spiro atoms. The number of hydrogen-bond acceptors (Lipinski definition) is 6. The average Bonchev–Trinajstić information content (AvgIpc) is 3.57. The first-order valence-electron chi connectivity index (χ1n) is 15.5. The maximum atomic E-state index is 13.9. The van der Waals surface area contributed by atoms with E-state index in [1.165, 1.54) is 5.56 Å². The molecule has 1 saturated carbocycles. The Hall–Kier alpha value is -2.65. The monoisotopic (exact) mass is 662 g/mol. The van der Waals surface area contributed by atoms with Gasteiger partial charge in [0.1, 0.15) is 6.10 Å². The summed E-state index contributed by atoms with van der Waals surface area (Å²) in [5.41, 5.74) is 1.75. The van der Waals surface area contributed by atoms with Crippen LogP contribution in [-0.4, -0.2) is 69.3 Å². The van der Waals surface area contributed by atoms with Crippen molar-refractivity contribution in [2.45, 2.75) is 75.2 Å². The minimum Gasteiger partial charge on any atom is -0.504 e. The molecule has 1 saturated heterocycles. The fourth-order valence-corrected chi connectivity index (χ4v) is 9.89. The van der Waals surface area contributed by atoms with E-state index < -0.39 is 17.1 Å². The van der Waals surface area contributed by atoms with Crippen molar-refractivity contribution in [3.63, 3.8) is 0 Å². The second kappa shape index (κ2) is 11.1. The molecule has 2 fully saturated rings. The molecule has 2 bridgehead atoms. The van der Waals surface area contributed by atoms with Gasteiger partial charge in [0.05, 0.1) is 17.1 Å². The summed E-state index contributed by atoms with van der Waals surface area (Å²) >= 11 is 5.09. The molecule has 0 radical (unpaired) electrons. The van der Waals surface area contributed by atoms with E-state index in [1.807, 2.05) is 34.6 Å². The molecule has 3 heterocycles. The molecule has 226 valence electrons. The first-order valence-corrected chi connectivity index (χ1v) is 17.1. The topological polar surface area (TPSA) is 73.2 Å². The molecule has 2 aliphatic heterocycles. The molecule has 1 aromatic heterocycles. The highest BCUT2D eigenvalue weighted by Gasteiger charge is 2.73.